The average molecular weight is 186 g/mol. The predicted molar refractivity (Wildman–Crippen MR) is 57.8 cm³/mol. The van der Waals surface area contributed by atoms with Gasteiger partial charge in [0.1, 0.15) is 0 Å². The van der Waals surface area contributed by atoms with Gasteiger partial charge in [-0.3, -0.25) is 0 Å². The molecule has 2 rings (SSSR count). The molecule has 0 unspecified atom stereocenters. The lowest BCUT2D eigenvalue weighted by molar-refractivity contribution is 0.845. The normalized spacial score (nSPS) is 10.5. The molecule has 0 atom stereocenters. The maximum absolute atomic E-state index is 4.27. The zero-order chi connectivity index (χ0) is 10.1. The van der Waals surface area contributed by atoms with Crippen LogP contribution in [0.4, 0.5) is 0 Å². The summed E-state index contributed by atoms with van der Waals surface area (Å²) in [5, 5.41) is 4.27. The van der Waals surface area contributed by atoms with Crippen LogP contribution in [0, 0.1) is 20.8 Å². The smallest absolute Gasteiger partial charge is 0.0651 e. The summed E-state index contributed by atoms with van der Waals surface area (Å²) in [5.74, 6) is 0. The second-order valence-corrected chi connectivity index (χ2v) is 3.65. The zero-order valence-electron chi connectivity index (χ0n) is 8.78. The molecule has 0 bridgehead atoms. The molecule has 0 aliphatic rings. The van der Waals surface area contributed by atoms with E-state index in [4.69, 9.17) is 0 Å². The van der Waals surface area contributed by atoms with Crippen LogP contribution in [0.5, 0.6) is 0 Å². The predicted octanol–water partition coefficient (Wildman–Crippen LogP) is 2.80. The minimum Gasteiger partial charge on any atom is -0.238 e. The minimum atomic E-state index is 1.13. The molecule has 1 aromatic heterocycles. The van der Waals surface area contributed by atoms with Crippen molar-refractivity contribution in [2.75, 3.05) is 0 Å². The molecule has 2 heteroatoms. The zero-order valence-corrected chi connectivity index (χ0v) is 8.78. The molecule has 1 heterocycles. The first kappa shape index (κ1) is 9.00. The van der Waals surface area contributed by atoms with Crippen LogP contribution in [0.25, 0.3) is 5.69 Å². The second-order valence-electron chi connectivity index (χ2n) is 3.65. The van der Waals surface area contributed by atoms with Crippen molar-refractivity contribution in [2.24, 2.45) is 0 Å². The molecule has 2 nitrogen and oxygen atoms in total. The Morgan fingerprint density at radius 2 is 1.79 bits per heavy atom. The summed E-state index contributed by atoms with van der Waals surface area (Å²) in [5.41, 5.74) is 4.92. The number of aryl methyl sites for hydroxylation is 3. The fourth-order valence-electron chi connectivity index (χ4n) is 1.50. The molecule has 0 saturated carbocycles. The van der Waals surface area contributed by atoms with Crippen molar-refractivity contribution in [1.29, 1.82) is 0 Å². The van der Waals surface area contributed by atoms with Gasteiger partial charge in [-0.25, -0.2) is 4.68 Å². The summed E-state index contributed by atoms with van der Waals surface area (Å²) < 4.78 is 1.95. The number of rotatable bonds is 1. The molecular weight excluding hydrogens is 172 g/mol. The largest absolute Gasteiger partial charge is 0.238 e. The van der Waals surface area contributed by atoms with Gasteiger partial charge in [0.25, 0.3) is 0 Å². The lowest BCUT2D eigenvalue weighted by Crippen LogP contribution is -1.99. The number of hydrogen-bond acceptors (Lipinski definition) is 1. The minimum absolute atomic E-state index is 1.13. The molecule has 0 N–H and O–H groups in total. The van der Waals surface area contributed by atoms with E-state index in [0.717, 1.165) is 11.4 Å². The third kappa shape index (κ3) is 1.43. The van der Waals surface area contributed by atoms with Gasteiger partial charge in [-0.1, -0.05) is 6.07 Å². The third-order valence-corrected chi connectivity index (χ3v) is 2.57. The SMILES string of the molecule is Cc1ccc(-n2nccc2C)cc1C. The highest BCUT2D eigenvalue weighted by Gasteiger charge is 2.01. The van der Waals surface area contributed by atoms with Crippen LogP contribution in [0.2, 0.25) is 0 Å². The molecule has 0 spiro atoms. The summed E-state index contributed by atoms with van der Waals surface area (Å²) >= 11 is 0. The standard InChI is InChI=1S/C12H14N2/c1-9-4-5-12(8-10(9)2)14-11(3)6-7-13-14/h4-8H,1-3H3. The van der Waals surface area contributed by atoms with Crippen molar-refractivity contribution in [3.05, 3.63) is 47.3 Å². The van der Waals surface area contributed by atoms with Crippen LogP contribution < -0.4 is 0 Å². The Labute approximate surface area is 84.2 Å². The van der Waals surface area contributed by atoms with E-state index >= 15 is 0 Å². The summed E-state index contributed by atoms with van der Waals surface area (Å²) in [4.78, 5) is 0. The van der Waals surface area contributed by atoms with E-state index in [0.29, 0.717) is 0 Å². The first-order chi connectivity index (χ1) is 6.68. The van der Waals surface area contributed by atoms with Crippen LogP contribution in [0.15, 0.2) is 30.5 Å². The molecule has 0 saturated heterocycles. The topological polar surface area (TPSA) is 17.8 Å². The molecule has 0 aliphatic carbocycles. The Hall–Kier alpha value is -1.57. The maximum Gasteiger partial charge on any atom is 0.0651 e. The van der Waals surface area contributed by atoms with E-state index in [1.165, 1.54) is 11.1 Å². The van der Waals surface area contributed by atoms with Gasteiger partial charge in [-0.2, -0.15) is 5.10 Å². The van der Waals surface area contributed by atoms with Gasteiger partial charge in [0.05, 0.1) is 5.69 Å². The number of hydrogen-bond donors (Lipinski definition) is 0. The Balaban J connectivity index is 2.53. The van der Waals surface area contributed by atoms with Gasteiger partial charge in [-0.05, 0) is 50.1 Å². The highest BCUT2D eigenvalue weighted by Crippen LogP contribution is 2.14. The molecule has 14 heavy (non-hydrogen) atoms. The van der Waals surface area contributed by atoms with Crippen molar-refractivity contribution in [1.82, 2.24) is 9.78 Å². The van der Waals surface area contributed by atoms with E-state index in [2.05, 4.69) is 44.1 Å². The van der Waals surface area contributed by atoms with E-state index < -0.39 is 0 Å². The van der Waals surface area contributed by atoms with Gasteiger partial charge in [0, 0.05) is 11.9 Å². The molecule has 1 aromatic carbocycles. The summed E-state index contributed by atoms with van der Waals surface area (Å²) in [6.07, 6.45) is 1.82. The average Bonchev–Trinajstić information content (AvgIpc) is 2.57. The Morgan fingerprint density at radius 1 is 1.00 bits per heavy atom. The van der Waals surface area contributed by atoms with Crippen LogP contribution in [0.1, 0.15) is 16.8 Å². The number of benzene rings is 1. The monoisotopic (exact) mass is 186 g/mol. The van der Waals surface area contributed by atoms with Crippen molar-refractivity contribution >= 4 is 0 Å². The number of aromatic nitrogens is 2. The summed E-state index contributed by atoms with van der Waals surface area (Å²) in [6.45, 7) is 6.30. The molecule has 0 amide bonds. The molecule has 0 fully saturated rings. The second kappa shape index (κ2) is 3.29. The van der Waals surface area contributed by atoms with Gasteiger partial charge in [0.2, 0.25) is 0 Å². The van der Waals surface area contributed by atoms with Crippen LogP contribution in [-0.2, 0) is 0 Å². The Morgan fingerprint density at radius 3 is 2.36 bits per heavy atom. The lowest BCUT2D eigenvalue weighted by atomic mass is 10.1. The van der Waals surface area contributed by atoms with Crippen LogP contribution >= 0.6 is 0 Å². The van der Waals surface area contributed by atoms with Gasteiger partial charge in [0.15, 0.2) is 0 Å². The Kier molecular flexibility index (Phi) is 2.12. The molecule has 2 aromatic rings. The van der Waals surface area contributed by atoms with Crippen LogP contribution in [0.3, 0.4) is 0 Å². The van der Waals surface area contributed by atoms with Crippen LogP contribution in [-0.4, -0.2) is 9.78 Å². The summed E-state index contributed by atoms with van der Waals surface area (Å²) in [6, 6.07) is 8.40. The fraction of sp³-hybridized carbons (Fsp3) is 0.250. The third-order valence-electron chi connectivity index (χ3n) is 2.57. The van der Waals surface area contributed by atoms with Crippen molar-refractivity contribution in [3.63, 3.8) is 0 Å². The number of nitrogens with zero attached hydrogens (tertiary/aromatic N) is 2. The van der Waals surface area contributed by atoms with Crippen molar-refractivity contribution < 1.29 is 0 Å². The molecule has 0 radical (unpaired) electrons. The van der Waals surface area contributed by atoms with E-state index in [9.17, 15) is 0 Å². The first-order valence-electron chi connectivity index (χ1n) is 4.77. The molecular formula is C12H14N2. The van der Waals surface area contributed by atoms with Gasteiger partial charge >= 0.3 is 0 Å². The van der Waals surface area contributed by atoms with Crippen molar-refractivity contribution in [3.8, 4) is 5.69 Å². The highest BCUT2D eigenvalue weighted by atomic mass is 15.3. The fourth-order valence-corrected chi connectivity index (χ4v) is 1.50. The Bertz CT molecular complexity index is 455. The highest BCUT2D eigenvalue weighted by molar-refractivity contribution is 5.39. The van der Waals surface area contributed by atoms with E-state index in [1.807, 2.05) is 16.9 Å². The molecule has 0 aliphatic heterocycles. The maximum atomic E-state index is 4.27. The van der Waals surface area contributed by atoms with Gasteiger partial charge in [-0.15, -0.1) is 0 Å². The van der Waals surface area contributed by atoms with Gasteiger partial charge < -0.3 is 0 Å². The molecule has 72 valence electrons. The first-order valence-corrected chi connectivity index (χ1v) is 4.77. The van der Waals surface area contributed by atoms with E-state index in [1.54, 1.807) is 0 Å². The summed E-state index contributed by atoms with van der Waals surface area (Å²) in [7, 11) is 0. The lowest BCUT2D eigenvalue weighted by Gasteiger charge is -2.06. The quantitative estimate of drug-likeness (QED) is 0.669. The van der Waals surface area contributed by atoms with Crippen molar-refractivity contribution in [2.45, 2.75) is 20.8 Å². The van der Waals surface area contributed by atoms with E-state index in [-0.39, 0.29) is 0 Å².